The molecular formula is C11H17FN4. The maximum absolute atomic E-state index is 12.7. The Balaban J connectivity index is 2.93. The first kappa shape index (κ1) is 12.5. The second kappa shape index (κ2) is 5.53. The van der Waals surface area contributed by atoms with Gasteiger partial charge in [0.05, 0.1) is 5.69 Å². The van der Waals surface area contributed by atoms with Gasteiger partial charge in [0.2, 0.25) is 0 Å². The molecule has 0 aliphatic rings. The van der Waals surface area contributed by atoms with Crippen LogP contribution in [0.4, 0.5) is 10.2 Å². The zero-order valence-corrected chi connectivity index (χ0v) is 9.79. The van der Waals surface area contributed by atoms with Gasteiger partial charge in [-0.05, 0) is 12.8 Å². The molecule has 0 aliphatic carbocycles. The third-order valence-corrected chi connectivity index (χ3v) is 2.10. The summed E-state index contributed by atoms with van der Waals surface area (Å²) in [5.74, 6) is 0.737. The quantitative estimate of drug-likeness (QED) is 0.755. The molecule has 5 heteroatoms. The molecule has 0 amide bonds. The fraction of sp³-hybridized carbons (Fsp3) is 0.545. The molecule has 1 atom stereocenters. The number of nitrogens with zero attached hydrogens (tertiary/aromatic N) is 2. The lowest BCUT2D eigenvalue weighted by atomic mass is 10.1. The van der Waals surface area contributed by atoms with Crippen molar-refractivity contribution >= 4 is 12.0 Å². The van der Waals surface area contributed by atoms with E-state index in [-0.39, 0.29) is 12.5 Å². The van der Waals surface area contributed by atoms with Crippen molar-refractivity contribution in [1.82, 2.24) is 9.97 Å². The van der Waals surface area contributed by atoms with Crippen LogP contribution in [0.1, 0.15) is 38.1 Å². The van der Waals surface area contributed by atoms with Crippen LogP contribution in [-0.4, -0.2) is 28.9 Å². The van der Waals surface area contributed by atoms with Gasteiger partial charge in [-0.15, -0.1) is 0 Å². The maximum Gasteiger partial charge on any atom is 0.153 e. The average Bonchev–Trinajstić information content (AvgIpc) is 2.25. The van der Waals surface area contributed by atoms with Gasteiger partial charge in [-0.25, -0.2) is 14.4 Å². The summed E-state index contributed by atoms with van der Waals surface area (Å²) in [6.45, 7) is 5.67. The predicted molar refractivity (Wildman–Crippen MR) is 63.1 cm³/mol. The van der Waals surface area contributed by atoms with Crippen molar-refractivity contribution in [3.63, 3.8) is 0 Å². The molecule has 2 N–H and O–H groups in total. The van der Waals surface area contributed by atoms with Gasteiger partial charge in [-0.3, -0.25) is 0 Å². The van der Waals surface area contributed by atoms with E-state index in [4.69, 9.17) is 5.41 Å². The van der Waals surface area contributed by atoms with Crippen LogP contribution >= 0.6 is 0 Å². The molecule has 0 spiro atoms. The molecule has 1 aromatic heterocycles. The summed E-state index contributed by atoms with van der Waals surface area (Å²) in [5, 5.41) is 10.0. The predicted octanol–water partition coefficient (Wildman–Crippen LogP) is 2.37. The van der Waals surface area contributed by atoms with Crippen LogP contribution in [0.3, 0.4) is 0 Å². The van der Waals surface area contributed by atoms with Crippen molar-refractivity contribution in [3.05, 3.63) is 17.6 Å². The summed E-state index contributed by atoms with van der Waals surface area (Å²) in [7, 11) is 0. The molecule has 0 radical (unpaired) electrons. The third-order valence-electron chi connectivity index (χ3n) is 2.10. The van der Waals surface area contributed by atoms with E-state index in [1.807, 2.05) is 13.8 Å². The van der Waals surface area contributed by atoms with E-state index in [9.17, 15) is 4.39 Å². The van der Waals surface area contributed by atoms with Crippen molar-refractivity contribution in [2.45, 2.75) is 32.9 Å². The number of halogens is 1. The Hall–Kier alpha value is -1.52. The Labute approximate surface area is 94.8 Å². The van der Waals surface area contributed by atoms with E-state index in [1.165, 1.54) is 6.92 Å². The topological polar surface area (TPSA) is 61.7 Å². The first-order valence-corrected chi connectivity index (χ1v) is 5.30. The normalized spacial score (nSPS) is 12.6. The Bertz CT molecular complexity index is 363. The van der Waals surface area contributed by atoms with Crippen molar-refractivity contribution in [1.29, 1.82) is 5.41 Å². The number of hydrogen-bond donors (Lipinski definition) is 2. The summed E-state index contributed by atoms with van der Waals surface area (Å²) in [5.41, 5.74) is 1.27. The molecule has 16 heavy (non-hydrogen) atoms. The molecule has 0 bridgehead atoms. The minimum Gasteiger partial charge on any atom is -0.365 e. The minimum absolute atomic E-state index is 0.178. The second-order valence-electron chi connectivity index (χ2n) is 3.99. The van der Waals surface area contributed by atoms with Crippen LogP contribution in [0.25, 0.3) is 0 Å². The summed E-state index contributed by atoms with van der Waals surface area (Å²) in [6, 6.07) is 0. The highest BCUT2D eigenvalue weighted by atomic mass is 19.1. The molecular weight excluding hydrogens is 207 g/mol. The number of aromatic nitrogens is 2. The highest BCUT2D eigenvalue weighted by Crippen LogP contribution is 2.15. The molecule has 0 aromatic carbocycles. The van der Waals surface area contributed by atoms with Crippen molar-refractivity contribution in [3.8, 4) is 0 Å². The van der Waals surface area contributed by atoms with Gasteiger partial charge in [0.25, 0.3) is 0 Å². The van der Waals surface area contributed by atoms with Gasteiger partial charge in [-0.2, -0.15) is 0 Å². The van der Waals surface area contributed by atoms with Gasteiger partial charge >= 0.3 is 0 Å². The molecule has 0 saturated carbocycles. The minimum atomic E-state index is -0.955. The van der Waals surface area contributed by atoms with E-state index in [2.05, 4.69) is 15.3 Å². The van der Waals surface area contributed by atoms with Crippen LogP contribution in [0, 0.1) is 5.41 Å². The molecule has 1 rings (SSSR count). The number of hydrogen-bond acceptors (Lipinski definition) is 4. The smallest absolute Gasteiger partial charge is 0.153 e. The van der Waals surface area contributed by atoms with Crippen molar-refractivity contribution in [2.24, 2.45) is 0 Å². The Morgan fingerprint density at radius 3 is 2.69 bits per heavy atom. The third kappa shape index (κ3) is 3.25. The van der Waals surface area contributed by atoms with E-state index in [1.54, 1.807) is 6.20 Å². The summed E-state index contributed by atoms with van der Waals surface area (Å²) in [6.07, 6.45) is 1.81. The van der Waals surface area contributed by atoms with Crippen LogP contribution < -0.4 is 5.32 Å². The van der Waals surface area contributed by atoms with Crippen molar-refractivity contribution in [2.75, 3.05) is 11.9 Å². The summed E-state index contributed by atoms with van der Waals surface area (Å²) in [4.78, 5) is 8.43. The number of anilines is 1. The van der Waals surface area contributed by atoms with Gasteiger partial charge in [0.1, 0.15) is 11.9 Å². The maximum atomic E-state index is 12.7. The van der Waals surface area contributed by atoms with Crippen LogP contribution in [0.5, 0.6) is 0 Å². The van der Waals surface area contributed by atoms with E-state index >= 15 is 0 Å². The van der Waals surface area contributed by atoms with Gasteiger partial charge in [0, 0.05) is 19.0 Å². The number of rotatable bonds is 5. The van der Waals surface area contributed by atoms with Gasteiger partial charge < -0.3 is 10.7 Å². The van der Waals surface area contributed by atoms with Crippen LogP contribution in [0.15, 0.2) is 6.20 Å². The fourth-order valence-corrected chi connectivity index (χ4v) is 1.16. The first-order valence-electron chi connectivity index (χ1n) is 5.30. The lowest BCUT2D eigenvalue weighted by molar-refractivity contribution is 0.378. The summed E-state index contributed by atoms with van der Waals surface area (Å²) < 4.78 is 12.7. The van der Waals surface area contributed by atoms with E-state index in [0.29, 0.717) is 11.5 Å². The number of nitrogens with one attached hydrogen (secondary N) is 2. The van der Waals surface area contributed by atoms with Gasteiger partial charge in [0.15, 0.2) is 5.82 Å². The fourth-order valence-electron chi connectivity index (χ4n) is 1.16. The molecule has 4 nitrogen and oxygen atoms in total. The standard InChI is InChI=1S/C11H17FN4/c1-7(2)10-6-14-9(4-13)11(16-10)15-5-8(3)12/h4,6-8,13H,5H2,1-3H3,(H,15,16). The van der Waals surface area contributed by atoms with E-state index < -0.39 is 6.17 Å². The molecule has 1 aromatic rings. The number of alkyl halides is 1. The second-order valence-corrected chi connectivity index (χ2v) is 3.99. The largest absolute Gasteiger partial charge is 0.365 e. The molecule has 0 fully saturated rings. The lowest BCUT2D eigenvalue weighted by Crippen LogP contribution is -2.15. The highest BCUT2D eigenvalue weighted by molar-refractivity contribution is 5.81. The van der Waals surface area contributed by atoms with Gasteiger partial charge in [-0.1, -0.05) is 13.8 Å². The average molecular weight is 224 g/mol. The van der Waals surface area contributed by atoms with E-state index in [0.717, 1.165) is 11.9 Å². The Kier molecular flexibility index (Phi) is 4.34. The molecule has 1 heterocycles. The zero-order chi connectivity index (χ0) is 12.1. The van der Waals surface area contributed by atoms with Crippen LogP contribution in [-0.2, 0) is 0 Å². The Morgan fingerprint density at radius 2 is 2.19 bits per heavy atom. The SMILES string of the molecule is CC(F)CNc1nc(C(C)C)cnc1C=N. The van der Waals surface area contributed by atoms with Crippen molar-refractivity contribution < 1.29 is 4.39 Å². The molecule has 0 aliphatic heterocycles. The zero-order valence-electron chi connectivity index (χ0n) is 9.79. The van der Waals surface area contributed by atoms with Crippen LogP contribution in [0.2, 0.25) is 0 Å². The first-order chi connectivity index (χ1) is 7.54. The molecule has 1 unspecified atom stereocenters. The monoisotopic (exact) mass is 224 g/mol. The summed E-state index contributed by atoms with van der Waals surface area (Å²) >= 11 is 0. The molecule has 88 valence electrons. The lowest BCUT2D eigenvalue weighted by Gasteiger charge is -2.11. The Morgan fingerprint density at radius 1 is 1.50 bits per heavy atom. The molecule has 0 saturated heterocycles. The highest BCUT2D eigenvalue weighted by Gasteiger charge is 2.08.